The fourth-order valence-electron chi connectivity index (χ4n) is 5.05. The first-order valence-corrected chi connectivity index (χ1v) is 12.5. The maximum Gasteiger partial charge on any atom is 0.264 e. The fourth-order valence-corrected chi connectivity index (χ4v) is 5.05. The van der Waals surface area contributed by atoms with Crippen LogP contribution in [0.5, 0.6) is 0 Å². The number of likely N-dealkylation sites (tertiary alicyclic amines) is 1. The number of benzene rings is 1. The molecule has 0 saturated carbocycles. The van der Waals surface area contributed by atoms with Crippen LogP contribution >= 0.6 is 0 Å². The SMILES string of the molecule is NC1CCN(CCCCCCCNc2cccc3c2C(=O)N(C2CCC(=O)NC2=O)C3=O)CC1. The minimum absolute atomic E-state index is 0.112. The van der Waals surface area contributed by atoms with Crippen molar-refractivity contribution in [2.24, 2.45) is 5.73 Å². The van der Waals surface area contributed by atoms with E-state index in [1.165, 1.54) is 19.3 Å². The fraction of sp³-hybridized carbons (Fsp3) is 0.600. The average Bonchev–Trinajstić information content (AvgIpc) is 3.07. The molecule has 9 heteroatoms. The molecule has 34 heavy (non-hydrogen) atoms. The van der Waals surface area contributed by atoms with E-state index in [0.29, 0.717) is 29.4 Å². The molecule has 1 atom stereocenters. The van der Waals surface area contributed by atoms with Gasteiger partial charge in [-0.2, -0.15) is 0 Å². The summed E-state index contributed by atoms with van der Waals surface area (Å²) < 4.78 is 0. The normalized spacial score (nSPS) is 21.7. The van der Waals surface area contributed by atoms with Gasteiger partial charge in [-0.05, 0) is 63.9 Å². The minimum atomic E-state index is -0.945. The van der Waals surface area contributed by atoms with Crippen molar-refractivity contribution >= 4 is 29.3 Å². The van der Waals surface area contributed by atoms with Crippen LogP contribution in [0.4, 0.5) is 5.69 Å². The Bertz CT molecular complexity index is 941. The van der Waals surface area contributed by atoms with E-state index in [2.05, 4.69) is 15.5 Å². The van der Waals surface area contributed by atoms with Gasteiger partial charge in [-0.15, -0.1) is 0 Å². The van der Waals surface area contributed by atoms with Crippen LogP contribution in [-0.4, -0.2) is 71.7 Å². The number of fused-ring (bicyclic) bond motifs is 1. The number of imide groups is 2. The highest BCUT2D eigenvalue weighted by atomic mass is 16.2. The molecule has 9 nitrogen and oxygen atoms in total. The molecule has 2 saturated heterocycles. The molecule has 184 valence electrons. The third-order valence-electron chi connectivity index (χ3n) is 7.07. The van der Waals surface area contributed by atoms with Crippen molar-refractivity contribution in [2.75, 3.05) is 31.5 Å². The van der Waals surface area contributed by atoms with Crippen LogP contribution in [0.25, 0.3) is 0 Å². The van der Waals surface area contributed by atoms with E-state index in [1.807, 2.05) is 0 Å². The molecule has 0 radical (unpaired) electrons. The Morgan fingerprint density at radius 2 is 1.68 bits per heavy atom. The number of rotatable bonds is 10. The number of nitrogens with two attached hydrogens (primary N) is 1. The van der Waals surface area contributed by atoms with Crippen LogP contribution in [0.1, 0.15) is 78.5 Å². The molecule has 1 aromatic carbocycles. The predicted molar refractivity (Wildman–Crippen MR) is 128 cm³/mol. The van der Waals surface area contributed by atoms with E-state index in [9.17, 15) is 19.2 Å². The number of anilines is 1. The lowest BCUT2D eigenvalue weighted by Gasteiger charge is -2.29. The summed E-state index contributed by atoms with van der Waals surface area (Å²) in [4.78, 5) is 53.2. The molecular formula is C25H35N5O4. The number of nitrogens with zero attached hydrogens (tertiary/aromatic N) is 2. The summed E-state index contributed by atoms with van der Waals surface area (Å²) in [6.45, 7) is 4.10. The van der Waals surface area contributed by atoms with Crippen molar-refractivity contribution in [3.05, 3.63) is 29.3 Å². The highest BCUT2D eigenvalue weighted by Crippen LogP contribution is 2.32. The topological polar surface area (TPSA) is 125 Å². The molecule has 2 fully saturated rings. The summed E-state index contributed by atoms with van der Waals surface area (Å²) in [5.74, 6) is -1.93. The summed E-state index contributed by atoms with van der Waals surface area (Å²) >= 11 is 0. The third-order valence-corrected chi connectivity index (χ3v) is 7.07. The number of hydrogen-bond acceptors (Lipinski definition) is 7. The molecule has 3 heterocycles. The number of carbonyl (C=O) groups excluding carboxylic acids is 4. The Kier molecular flexibility index (Phi) is 7.95. The smallest absolute Gasteiger partial charge is 0.264 e. The number of hydrogen-bond donors (Lipinski definition) is 3. The van der Waals surface area contributed by atoms with Crippen LogP contribution < -0.4 is 16.4 Å². The Morgan fingerprint density at radius 3 is 2.44 bits per heavy atom. The summed E-state index contributed by atoms with van der Waals surface area (Å²) in [6.07, 6.45) is 8.14. The summed E-state index contributed by atoms with van der Waals surface area (Å²) in [5, 5.41) is 5.53. The summed E-state index contributed by atoms with van der Waals surface area (Å²) in [5.41, 5.74) is 7.20. The highest BCUT2D eigenvalue weighted by molar-refractivity contribution is 6.25. The van der Waals surface area contributed by atoms with Gasteiger partial charge in [-0.1, -0.05) is 25.3 Å². The van der Waals surface area contributed by atoms with Gasteiger partial charge in [-0.25, -0.2) is 0 Å². The molecular weight excluding hydrogens is 434 g/mol. The van der Waals surface area contributed by atoms with Gasteiger partial charge >= 0.3 is 0 Å². The van der Waals surface area contributed by atoms with Crippen molar-refractivity contribution < 1.29 is 19.2 Å². The van der Waals surface area contributed by atoms with E-state index >= 15 is 0 Å². The molecule has 3 aliphatic heterocycles. The van der Waals surface area contributed by atoms with E-state index in [0.717, 1.165) is 50.2 Å². The minimum Gasteiger partial charge on any atom is -0.384 e. The first-order valence-electron chi connectivity index (χ1n) is 12.5. The lowest BCUT2D eigenvalue weighted by Crippen LogP contribution is -2.54. The molecule has 4 N–H and O–H groups in total. The predicted octanol–water partition coefficient (Wildman–Crippen LogP) is 1.87. The molecule has 0 aromatic heterocycles. The van der Waals surface area contributed by atoms with Crippen LogP contribution in [-0.2, 0) is 9.59 Å². The van der Waals surface area contributed by atoms with E-state index in [-0.39, 0.29) is 18.7 Å². The van der Waals surface area contributed by atoms with Crippen molar-refractivity contribution in [2.45, 2.75) is 69.9 Å². The van der Waals surface area contributed by atoms with Gasteiger partial charge in [0.15, 0.2) is 0 Å². The van der Waals surface area contributed by atoms with Gasteiger partial charge in [0.2, 0.25) is 11.8 Å². The van der Waals surface area contributed by atoms with Crippen molar-refractivity contribution in [1.29, 1.82) is 0 Å². The van der Waals surface area contributed by atoms with Crippen LogP contribution in [0, 0.1) is 0 Å². The Labute approximate surface area is 200 Å². The second-order valence-corrected chi connectivity index (χ2v) is 9.55. The largest absolute Gasteiger partial charge is 0.384 e. The first kappa shape index (κ1) is 24.3. The van der Waals surface area contributed by atoms with Crippen molar-refractivity contribution in [3.8, 4) is 0 Å². The van der Waals surface area contributed by atoms with Crippen molar-refractivity contribution in [3.63, 3.8) is 0 Å². The summed E-state index contributed by atoms with van der Waals surface area (Å²) in [6, 6.07) is 4.59. The van der Waals surface area contributed by atoms with E-state index < -0.39 is 23.8 Å². The average molecular weight is 470 g/mol. The van der Waals surface area contributed by atoms with Crippen LogP contribution in [0.2, 0.25) is 0 Å². The number of nitrogens with one attached hydrogen (secondary N) is 2. The molecule has 1 unspecified atom stereocenters. The molecule has 0 aliphatic carbocycles. The van der Waals surface area contributed by atoms with Crippen LogP contribution in [0.15, 0.2) is 18.2 Å². The first-order chi connectivity index (χ1) is 16.5. The highest BCUT2D eigenvalue weighted by Gasteiger charge is 2.45. The Morgan fingerprint density at radius 1 is 0.941 bits per heavy atom. The number of carbonyl (C=O) groups is 4. The number of unbranched alkanes of at least 4 members (excludes halogenated alkanes) is 4. The summed E-state index contributed by atoms with van der Waals surface area (Å²) in [7, 11) is 0. The third kappa shape index (κ3) is 5.47. The van der Waals surface area contributed by atoms with Crippen molar-refractivity contribution in [1.82, 2.24) is 15.1 Å². The standard InChI is InChI=1S/C25H35N5O4/c26-17-11-15-29(16-12-17)14-5-3-1-2-4-13-27-19-8-6-7-18-22(19)25(34)30(24(18)33)20-9-10-21(31)28-23(20)32/h6-8,17,20,27H,1-5,9-16,26H2,(H,28,31,32). The molecule has 4 amide bonds. The monoisotopic (exact) mass is 469 g/mol. The van der Waals surface area contributed by atoms with Gasteiger partial charge < -0.3 is 16.0 Å². The maximum atomic E-state index is 13.1. The van der Waals surface area contributed by atoms with Gasteiger partial charge in [0.1, 0.15) is 6.04 Å². The van der Waals surface area contributed by atoms with Gasteiger partial charge in [0.25, 0.3) is 11.8 Å². The van der Waals surface area contributed by atoms with E-state index in [1.54, 1.807) is 18.2 Å². The lowest BCUT2D eigenvalue weighted by molar-refractivity contribution is -0.136. The molecule has 1 aromatic rings. The lowest BCUT2D eigenvalue weighted by atomic mass is 10.0. The zero-order valence-corrected chi connectivity index (χ0v) is 19.7. The number of amides is 4. The second-order valence-electron chi connectivity index (χ2n) is 9.55. The second kappa shape index (κ2) is 11.1. The van der Waals surface area contributed by atoms with Gasteiger partial charge in [-0.3, -0.25) is 29.4 Å². The van der Waals surface area contributed by atoms with Crippen LogP contribution in [0.3, 0.4) is 0 Å². The quantitative estimate of drug-likeness (QED) is 0.353. The number of piperidine rings is 2. The Balaban J connectivity index is 1.22. The van der Waals surface area contributed by atoms with Gasteiger partial charge in [0.05, 0.1) is 11.1 Å². The van der Waals surface area contributed by atoms with Gasteiger partial charge in [0, 0.05) is 24.7 Å². The maximum absolute atomic E-state index is 13.1. The molecule has 0 bridgehead atoms. The molecule has 4 rings (SSSR count). The Hall–Kier alpha value is -2.78. The zero-order valence-electron chi connectivity index (χ0n) is 19.7. The van der Waals surface area contributed by atoms with E-state index in [4.69, 9.17) is 5.73 Å². The zero-order chi connectivity index (χ0) is 24.1. The molecule has 0 spiro atoms. The molecule has 3 aliphatic rings.